The maximum absolute atomic E-state index is 8.83. The van der Waals surface area contributed by atoms with Gasteiger partial charge in [0.15, 0.2) is 0 Å². The summed E-state index contributed by atoms with van der Waals surface area (Å²) in [6, 6.07) is 10.5. The van der Waals surface area contributed by atoms with Crippen LogP contribution in [0.1, 0.15) is 23.7 Å². The van der Waals surface area contributed by atoms with E-state index in [1.54, 1.807) is 0 Å². The second-order valence-electron chi connectivity index (χ2n) is 3.98. The molecule has 1 aromatic heterocycles. The highest BCUT2D eigenvalue weighted by Crippen LogP contribution is 2.31. The Balaban J connectivity index is 2.21. The molecular formula is C12H12N4. The number of hydrogen-bond donors (Lipinski definition) is 3. The molecule has 0 spiro atoms. The fourth-order valence-electron chi connectivity index (χ4n) is 2.34. The number of hydrazine groups is 1. The topological polar surface area (TPSA) is 63.6 Å². The Kier molecular flexibility index (Phi) is 2.13. The second kappa shape index (κ2) is 3.63. The molecule has 2 aromatic rings. The number of para-hydroxylation sites is 1. The van der Waals surface area contributed by atoms with Crippen molar-refractivity contribution in [3.05, 3.63) is 35.5 Å². The minimum absolute atomic E-state index is 0.0740. The summed E-state index contributed by atoms with van der Waals surface area (Å²) in [6.45, 7) is 0.770. The fourth-order valence-corrected chi connectivity index (χ4v) is 2.34. The molecule has 0 amide bonds. The van der Waals surface area contributed by atoms with E-state index in [2.05, 4.69) is 34.0 Å². The van der Waals surface area contributed by atoms with E-state index >= 15 is 0 Å². The van der Waals surface area contributed by atoms with Gasteiger partial charge in [-0.3, -0.25) is 5.43 Å². The first-order valence-electron chi connectivity index (χ1n) is 5.35. The molecule has 4 nitrogen and oxygen atoms in total. The Hall–Kier alpha value is -1.83. The molecule has 4 heteroatoms. The molecule has 3 rings (SSSR count). The van der Waals surface area contributed by atoms with Crippen molar-refractivity contribution in [2.75, 3.05) is 0 Å². The summed E-state index contributed by atoms with van der Waals surface area (Å²) in [7, 11) is 0. The van der Waals surface area contributed by atoms with Crippen molar-refractivity contribution in [1.29, 1.82) is 5.26 Å². The molecule has 0 fully saturated rings. The van der Waals surface area contributed by atoms with Gasteiger partial charge in [0.1, 0.15) is 0 Å². The number of nitrogens with zero attached hydrogens (tertiary/aromatic N) is 1. The number of rotatable bonds is 1. The largest absolute Gasteiger partial charge is 0.357 e. The van der Waals surface area contributed by atoms with Crippen molar-refractivity contribution < 1.29 is 0 Å². The van der Waals surface area contributed by atoms with Gasteiger partial charge in [-0.05, 0) is 6.07 Å². The van der Waals surface area contributed by atoms with Crippen LogP contribution in [0.5, 0.6) is 0 Å². The summed E-state index contributed by atoms with van der Waals surface area (Å²) in [6.07, 6.45) is 0.474. The predicted molar refractivity (Wildman–Crippen MR) is 61.2 cm³/mol. The van der Waals surface area contributed by atoms with E-state index in [1.165, 1.54) is 16.6 Å². The first-order valence-corrected chi connectivity index (χ1v) is 5.35. The van der Waals surface area contributed by atoms with E-state index in [0.29, 0.717) is 6.42 Å². The molecular weight excluding hydrogens is 200 g/mol. The summed E-state index contributed by atoms with van der Waals surface area (Å²) in [4.78, 5) is 3.39. The minimum Gasteiger partial charge on any atom is -0.357 e. The molecule has 16 heavy (non-hydrogen) atoms. The Morgan fingerprint density at radius 1 is 1.38 bits per heavy atom. The lowest BCUT2D eigenvalue weighted by atomic mass is 9.99. The number of nitrogens with one attached hydrogen (secondary N) is 3. The van der Waals surface area contributed by atoms with Crippen LogP contribution in [0.15, 0.2) is 24.3 Å². The molecule has 0 aliphatic carbocycles. The molecule has 2 heterocycles. The number of hydrogen-bond acceptors (Lipinski definition) is 3. The summed E-state index contributed by atoms with van der Waals surface area (Å²) >= 11 is 0. The summed E-state index contributed by atoms with van der Waals surface area (Å²) in [5.74, 6) is 0. The molecule has 0 radical (unpaired) electrons. The Morgan fingerprint density at radius 2 is 2.25 bits per heavy atom. The first kappa shape index (κ1) is 9.40. The van der Waals surface area contributed by atoms with Crippen LogP contribution in [0.25, 0.3) is 10.9 Å². The Bertz CT molecular complexity index is 564. The van der Waals surface area contributed by atoms with Crippen molar-refractivity contribution in [2.24, 2.45) is 0 Å². The molecule has 1 aliphatic heterocycles. The molecule has 0 bridgehead atoms. The Morgan fingerprint density at radius 3 is 3.12 bits per heavy atom. The van der Waals surface area contributed by atoms with Crippen LogP contribution < -0.4 is 10.9 Å². The normalized spacial score (nSPS) is 19.3. The van der Waals surface area contributed by atoms with Crippen LogP contribution in [0.2, 0.25) is 0 Å². The van der Waals surface area contributed by atoms with E-state index in [4.69, 9.17) is 5.26 Å². The second-order valence-corrected chi connectivity index (χ2v) is 3.98. The Labute approximate surface area is 93.2 Å². The van der Waals surface area contributed by atoms with Crippen LogP contribution in [-0.4, -0.2) is 4.98 Å². The smallest absolute Gasteiger partial charge is 0.0642 e. The minimum atomic E-state index is 0.0740. The maximum Gasteiger partial charge on any atom is 0.0642 e. The SMILES string of the molecule is N#CCC1NNCc2[nH]c3ccccc3c21. The lowest BCUT2D eigenvalue weighted by Gasteiger charge is -2.23. The van der Waals surface area contributed by atoms with Crippen molar-refractivity contribution in [1.82, 2.24) is 15.8 Å². The van der Waals surface area contributed by atoms with Crippen molar-refractivity contribution in [3.63, 3.8) is 0 Å². The molecule has 0 saturated carbocycles. The number of benzene rings is 1. The van der Waals surface area contributed by atoms with Crippen molar-refractivity contribution in [2.45, 2.75) is 19.0 Å². The van der Waals surface area contributed by atoms with E-state index < -0.39 is 0 Å². The van der Waals surface area contributed by atoms with Gasteiger partial charge >= 0.3 is 0 Å². The summed E-state index contributed by atoms with van der Waals surface area (Å²) in [5, 5.41) is 10.0. The van der Waals surface area contributed by atoms with Crippen LogP contribution >= 0.6 is 0 Å². The molecule has 3 N–H and O–H groups in total. The van der Waals surface area contributed by atoms with E-state index in [-0.39, 0.29) is 6.04 Å². The highest BCUT2D eigenvalue weighted by Gasteiger charge is 2.23. The van der Waals surface area contributed by atoms with Gasteiger partial charge in [-0.2, -0.15) is 5.26 Å². The third-order valence-electron chi connectivity index (χ3n) is 3.01. The monoisotopic (exact) mass is 212 g/mol. The van der Waals surface area contributed by atoms with Gasteiger partial charge in [-0.25, -0.2) is 5.43 Å². The maximum atomic E-state index is 8.83. The molecule has 0 saturated heterocycles. The standard InChI is InChI=1S/C12H12N4/c13-6-5-10-12-8-3-1-2-4-9(8)15-11(12)7-14-16-10/h1-4,10,14-16H,5,7H2. The van der Waals surface area contributed by atoms with Gasteiger partial charge in [0, 0.05) is 22.2 Å². The van der Waals surface area contributed by atoms with Gasteiger partial charge in [0.05, 0.1) is 25.1 Å². The quantitative estimate of drug-likeness (QED) is 0.674. The van der Waals surface area contributed by atoms with E-state index in [1.807, 2.05) is 12.1 Å². The highest BCUT2D eigenvalue weighted by molar-refractivity contribution is 5.85. The highest BCUT2D eigenvalue weighted by atomic mass is 15.4. The van der Waals surface area contributed by atoms with E-state index in [9.17, 15) is 0 Å². The van der Waals surface area contributed by atoms with Gasteiger partial charge in [-0.15, -0.1) is 0 Å². The summed E-state index contributed by atoms with van der Waals surface area (Å²) < 4.78 is 0. The molecule has 1 aromatic carbocycles. The van der Waals surface area contributed by atoms with Crippen LogP contribution in [0, 0.1) is 11.3 Å². The lowest BCUT2D eigenvalue weighted by molar-refractivity contribution is 0.409. The van der Waals surface area contributed by atoms with Crippen molar-refractivity contribution in [3.8, 4) is 6.07 Å². The van der Waals surface area contributed by atoms with Crippen molar-refractivity contribution >= 4 is 10.9 Å². The van der Waals surface area contributed by atoms with Crippen LogP contribution in [0.3, 0.4) is 0 Å². The number of H-pyrrole nitrogens is 1. The first-order chi connectivity index (χ1) is 7.90. The average molecular weight is 212 g/mol. The van der Waals surface area contributed by atoms with Gasteiger partial charge in [-0.1, -0.05) is 18.2 Å². The third-order valence-corrected chi connectivity index (χ3v) is 3.01. The van der Waals surface area contributed by atoms with Gasteiger partial charge in [0.25, 0.3) is 0 Å². The van der Waals surface area contributed by atoms with Gasteiger partial charge in [0.2, 0.25) is 0 Å². The fraction of sp³-hybridized carbons (Fsp3) is 0.250. The number of fused-ring (bicyclic) bond motifs is 3. The summed E-state index contributed by atoms with van der Waals surface area (Å²) in [5.41, 5.74) is 9.82. The number of nitriles is 1. The average Bonchev–Trinajstić information content (AvgIpc) is 2.68. The zero-order valence-electron chi connectivity index (χ0n) is 8.75. The lowest BCUT2D eigenvalue weighted by Crippen LogP contribution is -2.39. The zero-order valence-corrected chi connectivity index (χ0v) is 8.75. The van der Waals surface area contributed by atoms with Gasteiger partial charge < -0.3 is 4.98 Å². The number of aromatic nitrogens is 1. The molecule has 1 unspecified atom stereocenters. The number of aromatic amines is 1. The predicted octanol–water partition coefficient (Wildman–Crippen LogP) is 1.73. The molecule has 1 atom stereocenters. The van der Waals surface area contributed by atoms with E-state index in [0.717, 1.165) is 12.1 Å². The van der Waals surface area contributed by atoms with Crippen LogP contribution in [-0.2, 0) is 6.54 Å². The molecule has 80 valence electrons. The third kappa shape index (κ3) is 1.30. The zero-order chi connectivity index (χ0) is 11.0. The van der Waals surface area contributed by atoms with Crippen LogP contribution in [0.4, 0.5) is 0 Å². The molecule has 1 aliphatic rings.